The number of aromatic nitrogens is 2. The van der Waals surface area contributed by atoms with Gasteiger partial charge in [0, 0.05) is 25.8 Å². The summed E-state index contributed by atoms with van der Waals surface area (Å²) < 4.78 is 5.32. The average Bonchev–Trinajstić information content (AvgIpc) is 3.19. The van der Waals surface area contributed by atoms with Crippen molar-refractivity contribution in [3.8, 4) is 0 Å². The Hall–Kier alpha value is -1.40. The van der Waals surface area contributed by atoms with Crippen molar-refractivity contribution >= 4 is 11.6 Å². The van der Waals surface area contributed by atoms with Crippen LogP contribution in [0.3, 0.4) is 0 Å². The van der Waals surface area contributed by atoms with Gasteiger partial charge in [-0.05, 0) is 19.8 Å². The van der Waals surface area contributed by atoms with Crippen molar-refractivity contribution in [2.45, 2.75) is 32.4 Å². The van der Waals surface area contributed by atoms with Crippen LogP contribution in [0.1, 0.15) is 25.6 Å². The minimum atomic E-state index is 0.414. The lowest BCUT2D eigenvalue weighted by Gasteiger charge is -2.18. The molecule has 0 unspecified atom stereocenters. The molecule has 17 heavy (non-hydrogen) atoms. The maximum Gasteiger partial charge on any atom is 0.158 e. The highest BCUT2D eigenvalue weighted by Crippen LogP contribution is 2.29. The molecule has 0 amide bonds. The molecule has 1 aliphatic carbocycles. The van der Waals surface area contributed by atoms with E-state index in [0.717, 1.165) is 5.82 Å². The molecule has 0 radical (unpaired) electrons. The average molecular weight is 237 g/mol. The molecule has 1 aromatic heterocycles. The van der Waals surface area contributed by atoms with E-state index in [1.807, 2.05) is 20.0 Å². The predicted molar refractivity (Wildman–Crippen MR) is 66.6 cm³/mol. The second-order valence-electron chi connectivity index (χ2n) is 4.15. The van der Waals surface area contributed by atoms with Crippen LogP contribution in [-0.2, 0) is 11.3 Å². The zero-order valence-corrected chi connectivity index (χ0v) is 10.3. The van der Waals surface area contributed by atoms with E-state index in [1.165, 1.54) is 12.8 Å². The molecule has 3 N–H and O–H groups in total. The van der Waals surface area contributed by atoms with E-state index in [-0.39, 0.29) is 0 Å². The van der Waals surface area contributed by atoms with Crippen LogP contribution in [-0.4, -0.2) is 29.7 Å². The molecule has 6 nitrogen and oxygen atoms in total. The van der Waals surface area contributed by atoms with Crippen LogP contribution in [0.5, 0.6) is 0 Å². The molecule has 0 spiro atoms. The molecule has 0 aliphatic heterocycles. The van der Waals surface area contributed by atoms with Gasteiger partial charge in [0.05, 0.1) is 0 Å². The Labute approximate surface area is 101 Å². The van der Waals surface area contributed by atoms with Crippen LogP contribution in [0, 0.1) is 0 Å². The molecule has 0 atom stereocenters. The van der Waals surface area contributed by atoms with Crippen molar-refractivity contribution in [1.29, 1.82) is 0 Å². The van der Waals surface area contributed by atoms with Crippen LogP contribution >= 0.6 is 0 Å². The summed E-state index contributed by atoms with van der Waals surface area (Å²) in [6.07, 6.45) is 2.46. The van der Waals surface area contributed by atoms with E-state index in [2.05, 4.69) is 20.3 Å². The van der Waals surface area contributed by atoms with Gasteiger partial charge in [-0.2, -0.15) is 0 Å². The molecule has 0 aromatic carbocycles. The number of anilines is 2. The fraction of sp³-hybridized carbons (Fsp3) is 0.636. The Balaban J connectivity index is 2.18. The van der Waals surface area contributed by atoms with Gasteiger partial charge in [0.25, 0.3) is 0 Å². The number of nitrogens with one attached hydrogen (secondary N) is 1. The highest BCUT2D eigenvalue weighted by molar-refractivity contribution is 5.49. The van der Waals surface area contributed by atoms with Gasteiger partial charge in [-0.3, -0.25) is 0 Å². The second kappa shape index (κ2) is 5.29. The zero-order valence-electron chi connectivity index (χ0n) is 10.3. The van der Waals surface area contributed by atoms with Crippen molar-refractivity contribution in [1.82, 2.24) is 9.97 Å². The number of rotatable bonds is 6. The van der Waals surface area contributed by atoms with E-state index >= 15 is 0 Å². The van der Waals surface area contributed by atoms with Crippen LogP contribution in [0.4, 0.5) is 11.6 Å². The Morgan fingerprint density at radius 3 is 2.88 bits per heavy atom. The van der Waals surface area contributed by atoms with Crippen molar-refractivity contribution in [3.05, 3.63) is 11.9 Å². The van der Waals surface area contributed by atoms with Crippen LogP contribution in [0.2, 0.25) is 0 Å². The molecule has 0 saturated heterocycles. The number of ether oxygens (including phenoxy) is 1. The van der Waals surface area contributed by atoms with Crippen LogP contribution in [0.15, 0.2) is 6.07 Å². The molecule has 94 valence electrons. The van der Waals surface area contributed by atoms with Gasteiger partial charge in [0.2, 0.25) is 0 Å². The summed E-state index contributed by atoms with van der Waals surface area (Å²) in [5, 5.41) is 0. The number of hydrazine groups is 1. The second-order valence-corrected chi connectivity index (χ2v) is 4.15. The zero-order chi connectivity index (χ0) is 12.3. The summed E-state index contributed by atoms with van der Waals surface area (Å²) in [6, 6.07) is 2.46. The molecular formula is C11H19N5O. The van der Waals surface area contributed by atoms with Gasteiger partial charge in [-0.15, -0.1) is 0 Å². The largest absolute Gasteiger partial charge is 0.374 e. The summed E-state index contributed by atoms with van der Waals surface area (Å²) in [5.74, 6) is 7.58. The molecular weight excluding hydrogens is 218 g/mol. The van der Waals surface area contributed by atoms with Gasteiger partial charge in [-0.25, -0.2) is 15.8 Å². The molecule has 1 fully saturated rings. The molecule has 1 aliphatic rings. The number of hydrogen-bond donors (Lipinski definition) is 2. The summed E-state index contributed by atoms with van der Waals surface area (Å²) in [6.45, 7) is 3.01. The third kappa shape index (κ3) is 3.04. The lowest BCUT2D eigenvalue weighted by molar-refractivity contribution is 0.128. The van der Waals surface area contributed by atoms with Gasteiger partial charge >= 0.3 is 0 Å². The lowest BCUT2D eigenvalue weighted by atomic mass is 10.4. The first kappa shape index (κ1) is 12.1. The number of hydrogen-bond acceptors (Lipinski definition) is 6. The van der Waals surface area contributed by atoms with E-state index in [9.17, 15) is 0 Å². The third-order valence-corrected chi connectivity index (χ3v) is 2.80. The normalized spacial score (nSPS) is 14.8. The Bertz CT molecular complexity index is 380. The van der Waals surface area contributed by atoms with Gasteiger partial charge in [-0.1, -0.05) is 0 Å². The number of nitrogens with zero attached hydrogens (tertiary/aromatic N) is 3. The topological polar surface area (TPSA) is 76.3 Å². The monoisotopic (exact) mass is 237 g/mol. The quantitative estimate of drug-likeness (QED) is 0.565. The Kier molecular flexibility index (Phi) is 3.75. The smallest absolute Gasteiger partial charge is 0.158 e. The van der Waals surface area contributed by atoms with Crippen molar-refractivity contribution < 1.29 is 4.74 Å². The fourth-order valence-electron chi connectivity index (χ4n) is 1.64. The molecule has 6 heteroatoms. The lowest BCUT2D eigenvalue weighted by Crippen LogP contribution is -2.22. The van der Waals surface area contributed by atoms with E-state index in [0.29, 0.717) is 30.9 Å². The fourth-order valence-corrected chi connectivity index (χ4v) is 1.64. The molecule has 1 heterocycles. The first-order valence-corrected chi connectivity index (χ1v) is 5.89. The summed E-state index contributed by atoms with van der Waals surface area (Å²) in [5.41, 5.74) is 2.57. The molecule has 1 saturated carbocycles. The highest BCUT2D eigenvalue weighted by Gasteiger charge is 2.27. The van der Waals surface area contributed by atoms with Gasteiger partial charge < -0.3 is 15.1 Å². The van der Waals surface area contributed by atoms with E-state index in [1.54, 1.807) is 0 Å². The highest BCUT2D eigenvalue weighted by atomic mass is 16.5. The SMILES string of the molecule is CCOCc1nc(NN)cc(N(C)C2CC2)n1. The number of nitrogen functional groups attached to an aromatic ring is 1. The first-order valence-electron chi connectivity index (χ1n) is 5.89. The predicted octanol–water partition coefficient (Wildman–Crippen LogP) is 0.897. The van der Waals surface area contributed by atoms with Crippen LogP contribution in [0.25, 0.3) is 0 Å². The molecule has 0 bridgehead atoms. The maximum absolute atomic E-state index is 5.41. The van der Waals surface area contributed by atoms with Gasteiger partial charge in [0.1, 0.15) is 18.2 Å². The first-order chi connectivity index (χ1) is 8.24. The summed E-state index contributed by atoms with van der Waals surface area (Å²) >= 11 is 0. The maximum atomic E-state index is 5.41. The minimum Gasteiger partial charge on any atom is -0.374 e. The van der Waals surface area contributed by atoms with E-state index in [4.69, 9.17) is 10.6 Å². The standard InChI is InChI=1S/C11H19N5O/c1-3-17-7-10-13-9(15-12)6-11(14-10)16(2)8-4-5-8/h6,8H,3-5,7,12H2,1-2H3,(H,13,14,15). The van der Waals surface area contributed by atoms with Crippen LogP contribution < -0.4 is 16.2 Å². The van der Waals surface area contributed by atoms with Crippen molar-refractivity contribution in [2.24, 2.45) is 5.84 Å². The van der Waals surface area contributed by atoms with E-state index < -0.39 is 0 Å². The molecule has 2 rings (SSSR count). The van der Waals surface area contributed by atoms with Crippen molar-refractivity contribution in [3.63, 3.8) is 0 Å². The summed E-state index contributed by atoms with van der Waals surface area (Å²) in [4.78, 5) is 10.9. The Morgan fingerprint density at radius 2 is 2.29 bits per heavy atom. The molecule has 1 aromatic rings. The Morgan fingerprint density at radius 1 is 1.53 bits per heavy atom. The van der Waals surface area contributed by atoms with Gasteiger partial charge in [0.15, 0.2) is 5.82 Å². The summed E-state index contributed by atoms with van der Waals surface area (Å²) in [7, 11) is 2.05. The minimum absolute atomic E-state index is 0.414. The number of nitrogens with two attached hydrogens (primary N) is 1. The van der Waals surface area contributed by atoms with Crippen molar-refractivity contribution in [2.75, 3.05) is 24.0 Å². The third-order valence-electron chi connectivity index (χ3n) is 2.80.